The van der Waals surface area contributed by atoms with Gasteiger partial charge in [0.25, 0.3) is 10.0 Å². The molecule has 0 aliphatic heterocycles. The summed E-state index contributed by atoms with van der Waals surface area (Å²) in [6.07, 6.45) is 0. The molecule has 0 spiro atoms. The summed E-state index contributed by atoms with van der Waals surface area (Å²) in [7, 11) is -1.22. The molecule has 1 amide bonds. The molecule has 3 aromatic rings. The van der Waals surface area contributed by atoms with Crippen LogP contribution < -0.4 is 23.8 Å². The van der Waals surface area contributed by atoms with Crippen LogP contribution in [0.15, 0.2) is 65.6 Å². The van der Waals surface area contributed by atoms with Crippen LogP contribution in [0.3, 0.4) is 0 Å². The number of hydrogen-bond donors (Lipinski definition) is 1. The Morgan fingerprint density at radius 3 is 2.11 bits per heavy atom. The normalized spacial score (nSPS) is 11.9. The van der Waals surface area contributed by atoms with Gasteiger partial charge in [-0.25, -0.2) is 8.42 Å². The third-order valence-corrected chi connectivity index (χ3v) is 7.56. The lowest BCUT2D eigenvalue weighted by atomic mass is 10.1. The molecule has 1 atom stereocenters. The van der Waals surface area contributed by atoms with E-state index in [4.69, 9.17) is 14.2 Å². The van der Waals surface area contributed by atoms with Crippen LogP contribution in [0.25, 0.3) is 0 Å². The third kappa shape index (κ3) is 6.74. The topological polar surface area (TPSA) is 94.2 Å². The van der Waals surface area contributed by atoms with E-state index in [1.807, 2.05) is 58.0 Å². The molecule has 0 fully saturated rings. The van der Waals surface area contributed by atoms with E-state index in [9.17, 15) is 13.2 Å². The molecule has 9 heteroatoms. The van der Waals surface area contributed by atoms with E-state index in [0.29, 0.717) is 18.0 Å². The van der Waals surface area contributed by atoms with Crippen LogP contribution in [-0.4, -0.2) is 41.7 Å². The van der Waals surface area contributed by atoms with Gasteiger partial charge in [0.1, 0.15) is 12.3 Å². The van der Waals surface area contributed by atoms with Gasteiger partial charge in [0.15, 0.2) is 11.5 Å². The average molecular weight is 527 g/mol. The molecule has 0 heterocycles. The van der Waals surface area contributed by atoms with Crippen molar-refractivity contribution in [2.75, 3.05) is 31.7 Å². The van der Waals surface area contributed by atoms with Crippen LogP contribution in [-0.2, 0) is 14.8 Å². The Morgan fingerprint density at radius 2 is 1.54 bits per heavy atom. The van der Waals surface area contributed by atoms with Crippen molar-refractivity contribution in [1.82, 2.24) is 5.32 Å². The number of ether oxygens (including phenoxy) is 3. The summed E-state index contributed by atoms with van der Waals surface area (Å²) in [5.74, 6) is 0.982. The van der Waals surface area contributed by atoms with E-state index >= 15 is 0 Å². The summed E-state index contributed by atoms with van der Waals surface area (Å²) in [4.78, 5) is 13.1. The van der Waals surface area contributed by atoms with Gasteiger partial charge in [-0.05, 0) is 80.8 Å². The lowest BCUT2D eigenvalue weighted by Crippen LogP contribution is -2.41. The van der Waals surface area contributed by atoms with Gasteiger partial charge in [-0.2, -0.15) is 0 Å². The van der Waals surface area contributed by atoms with Crippen LogP contribution in [0.5, 0.6) is 17.2 Å². The van der Waals surface area contributed by atoms with E-state index in [0.717, 1.165) is 26.7 Å². The summed E-state index contributed by atoms with van der Waals surface area (Å²) in [5.41, 5.74) is 3.03. The number of methoxy groups -OCH3 is 2. The molecule has 0 aromatic heterocycles. The minimum absolute atomic E-state index is 0.0170. The van der Waals surface area contributed by atoms with Gasteiger partial charge in [-0.15, -0.1) is 0 Å². The minimum atomic E-state index is -4.13. The van der Waals surface area contributed by atoms with E-state index in [-0.39, 0.29) is 16.7 Å². The quantitative estimate of drug-likeness (QED) is 0.386. The fourth-order valence-electron chi connectivity index (χ4n) is 4.03. The van der Waals surface area contributed by atoms with E-state index < -0.39 is 22.5 Å². The van der Waals surface area contributed by atoms with Crippen molar-refractivity contribution < 1.29 is 27.4 Å². The number of rotatable bonds is 11. The van der Waals surface area contributed by atoms with Gasteiger partial charge in [-0.1, -0.05) is 18.2 Å². The molecular formula is C28H34N2O6S. The van der Waals surface area contributed by atoms with Gasteiger partial charge >= 0.3 is 0 Å². The highest BCUT2D eigenvalue weighted by Gasteiger charge is 2.29. The number of anilines is 1. The van der Waals surface area contributed by atoms with E-state index in [1.54, 1.807) is 12.1 Å². The number of sulfonamides is 1. The molecule has 37 heavy (non-hydrogen) atoms. The Bertz CT molecular complexity index is 1320. The molecule has 0 bridgehead atoms. The highest BCUT2D eigenvalue weighted by atomic mass is 32.2. The first-order valence-electron chi connectivity index (χ1n) is 11.9. The predicted molar refractivity (Wildman–Crippen MR) is 144 cm³/mol. The van der Waals surface area contributed by atoms with Crippen molar-refractivity contribution in [2.24, 2.45) is 0 Å². The zero-order valence-corrected chi connectivity index (χ0v) is 22.9. The summed E-state index contributed by atoms with van der Waals surface area (Å²) < 4.78 is 44.8. The van der Waals surface area contributed by atoms with Gasteiger partial charge in [0, 0.05) is 6.07 Å². The monoisotopic (exact) mass is 526 g/mol. The number of nitrogens with one attached hydrogen (secondary N) is 1. The molecule has 3 rings (SSSR count). The fraction of sp³-hybridized carbons (Fsp3) is 0.321. The van der Waals surface area contributed by atoms with Crippen LogP contribution in [0.1, 0.15) is 36.6 Å². The molecule has 0 unspecified atom stereocenters. The van der Waals surface area contributed by atoms with Gasteiger partial charge in [0.05, 0.1) is 37.5 Å². The molecule has 8 nitrogen and oxygen atoms in total. The minimum Gasteiger partial charge on any atom is -0.494 e. The molecule has 3 aromatic carbocycles. The lowest BCUT2D eigenvalue weighted by molar-refractivity contribution is -0.120. The molecule has 0 aliphatic rings. The van der Waals surface area contributed by atoms with Crippen LogP contribution in [0.4, 0.5) is 5.69 Å². The van der Waals surface area contributed by atoms with Crippen molar-refractivity contribution in [3.8, 4) is 17.2 Å². The molecule has 0 aliphatic carbocycles. The predicted octanol–water partition coefficient (Wildman–Crippen LogP) is 4.79. The zero-order valence-electron chi connectivity index (χ0n) is 22.1. The first-order chi connectivity index (χ1) is 17.6. The number of nitrogens with zero attached hydrogens (tertiary/aromatic N) is 1. The smallest absolute Gasteiger partial charge is 0.264 e. The molecular weight excluding hydrogens is 492 g/mol. The standard InChI is InChI=1S/C28H34N2O6S/c1-7-36-24-10-8-22(9-11-24)21(4)29-28(31)18-30(23-15-19(2)14-20(3)16-23)37(32,33)25-12-13-26(34-5)27(17-25)35-6/h8-17,21H,7,18H2,1-6H3,(H,29,31)/t21-/m0/s1. The Hall–Kier alpha value is -3.72. The van der Waals surface area contributed by atoms with E-state index in [2.05, 4.69) is 5.32 Å². The van der Waals surface area contributed by atoms with Crippen molar-refractivity contribution in [3.05, 3.63) is 77.4 Å². The number of benzene rings is 3. The Labute approximate surface area is 219 Å². The van der Waals surface area contributed by atoms with Crippen molar-refractivity contribution in [3.63, 3.8) is 0 Å². The van der Waals surface area contributed by atoms with Crippen LogP contribution in [0, 0.1) is 13.8 Å². The molecule has 0 saturated heterocycles. The Balaban J connectivity index is 1.93. The highest BCUT2D eigenvalue weighted by molar-refractivity contribution is 7.92. The highest BCUT2D eigenvalue weighted by Crippen LogP contribution is 2.32. The largest absolute Gasteiger partial charge is 0.494 e. The first-order valence-corrected chi connectivity index (χ1v) is 13.4. The van der Waals surface area contributed by atoms with Gasteiger partial charge in [-0.3, -0.25) is 9.10 Å². The van der Waals surface area contributed by atoms with Crippen LogP contribution in [0.2, 0.25) is 0 Å². The molecule has 0 radical (unpaired) electrons. The first kappa shape index (κ1) is 27.9. The summed E-state index contributed by atoms with van der Waals surface area (Å²) in [6.45, 7) is 7.68. The number of carbonyl (C=O) groups is 1. The second-order valence-electron chi connectivity index (χ2n) is 8.67. The molecule has 1 N–H and O–H groups in total. The summed E-state index contributed by atoms with van der Waals surface area (Å²) >= 11 is 0. The van der Waals surface area contributed by atoms with Crippen LogP contribution >= 0.6 is 0 Å². The number of aryl methyl sites for hydroxylation is 2. The van der Waals surface area contributed by atoms with Crippen molar-refractivity contribution in [2.45, 2.75) is 38.6 Å². The molecule has 0 saturated carbocycles. The Kier molecular flexibility index (Phi) is 9.04. The summed E-state index contributed by atoms with van der Waals surface area (Å²) in [5, 5.41) is 2.91. The number of hydrogen-bond acceptors (Lipinski definition) is 6. The summed E-state index contributed by atoms with van der Waals surface area (Å²) in [6, 6.07) is 16.9. The zero-order chi connectivity index (χ0) is 27.2. The number of amides is 1. The van der Waals surface area contributed by atoms with Gasteiger partial charge in [0.2, 0.25) is 5.91 Å². The maximum atomic E-state index is 13.8. The van der Waals surface area contributed by atoms with Crippen molar-refractivity contribution >= 4 is 21.6 Å². The van der Waals surface area contributed by atoms with E-state index in [1.165, 1.54) is 32.4 Å². The SMILES string of the molecule is CCOc1ccc([C@H](C)NC(=O)CN(c2cc(C)cc(C)c2)S(=O)(=O)c2ccc(OC)c(OC)c2)cc1. The van der Waals surface area contributed by atoms with Gasteiger partial charge < -0.3 is 19.5 Å². The molecule has 198 valence electrons. The maximum Gasteiger partial charge on any atom is 0.264 e. The second kappa shape index (κ2) is 12.0. The number of carbonyl (C=O) groups excluding carboxylic acids is 1. The fourth-order valence-corrected chi connectivity index (χ4v) is 5.45. The van der Waals surface area contributed by atoms with Crippen molar-refractivity contribution in [1.29, 1.82) is 0 Å². The lowest BCUT2D eigenvalue weighted by Gasteiger charge is -2.26. The third-order valence-electron chi connectivity index (χ3n) is 5.79. The maximum absolute atomic E-state index is 13.8. The second-order valence-corrected chi connectivity index (χ2v) is 10.5. The average Bonchev–Trinajstić information content (AvgIpc) is 2.86. The Morgan fingerprint density at radius 1 is 0.919 bits per heavy atom.